The zero-order chi connectivity index (χ0) is 25.8. The molecule has 4 aliphatic carbocycles. The first-order valence-electron chi connectivity index (χ1n) is 13.9. The average Bonchev–Trinajstić information content (AvgIpc) is 3.60. The molecule has 1 aromatic carbocycles. The summed E-state index contributed by atoms with van der Waals surface area (Å²) >= 11 is 0. The summed E-state index contributed by atoms with van der Waals surface area (Å²) in [6.07, 6.45) is 9.45. The highest BCUT2D eigenvalue weighted by Gasteiger charge is 2.53. The maximum Gasteiger partial charge on any atom is 0.230 e. The number of rotatable bonds is 8. The minimum atomic E-state index is -0.0924. The van der Waals surface area contributed by atoms with E-state index < -0.39 is 0 Å². The molecule has 0 heterocycles. The van der Waals surface area contributed by atoms with E-state index in [1.165, 1.54) is 31.2 Å². The van der Waals surface area contributed by atoms with E-state index in [0.29, 0.717) is 29.8 Å². The summed E-state index contributed by atoms with van der Waals surface area (Å²) in [6, 6.07) is 10.0. The summed E-state index contributed by atoms with van der Waals surface area (Å²) in [5.74, 6) is 1.44. The molecule has 0 saturated heterocycles. The maximum absolute atomic E-state index is 12.1. The average molecular weight is 484 g/mol. The van der Waals surface area contributed by atoms with Crippen molar-refractivity contribution in [3.8, 4) is 0 Å². The van der Waals surface area contributed by atoms with Crippen LogP contribution in [0.4, 0.5) is 5.69 Å². The zero-order valence-electron chi connectivity index (χ0n) is 23.2. The van der Waals surface area contributed by atoms with Gasteiger partial charge in [0.15, 0.2) is 0 Å². The van der Waals surface area contributed by atoms with Crippen LogP contribution < -0.4 is 16.0 Å². The Morgan fingerprint density at radius 1 is 0.743 bits per heavy atom. The van der Waals surface area contributed by atoms with Crippen LogP contribution in [0.1, 0.15) is 98.5 Å². The predicted molar refractivity (Wildman–Crippen MR) is 145 cm³/mol. The second kappa shape index (κ2) is 11.5. The lowest BCUT2D eigenvalue weighted by atomic mass is 9.91. The molecule has 1 aromatic rings. The summed E-state index contributed by atoms with van der Waals surface area (Å²) in [7, 11) is 0. The molecular weight excluding hydrogens is 434 g/mol. The van der Waals surface area contributed by atoms with Crippen molar-refractivity contribution >= 4 is 17.5 Å². The van der Waals surface area contributed by atoms with Gasteiger partial charge in [0.05, 0.1) is 10.8 Å². The number of aryl methyl sites for hydroxylation is 1. The minimum absolute atomic E-state index is 0.0303. The van der Waals surface area contributed by atoms with E-state index in [1.54, 1.807) is 0 Å². The van der Waals surface area contributed by atoms with Gasteiger partial charge in [-0.25, -0.2) is 0 Å². The number of hydrogen-bond donors (Lipinski definition) is 3. The molecule has 5 rings (SSSR count). The van der Waals surface area contributed by atoms with Crippen LogP contribution in [0.25, 0.3) is 0 Å². The molecule has 0 unspecified atom stereocenters. The first-order chi connectivity index (χ1) is 16.5. The maximum atomic E-state index is 12.1. The molecule has 4 aliphatic rings. The first-order valence-corrected chi connectivity index (χ1v) is 13.9. The summed E-state index contributed by atoms with van der Waals surface area (Å²) in [5, 5.41) is 9.53. The quantitative estimate of drug-likeness (QED) is 0.411. The van der Waals surface area contributed by atoms with Gasteiger partial charge in [0.25, 0.3) is 0 Å². The molecule has 0 radical (unpaired) electrons. The zero-order valence-corrected chi connectivity index (χ0v) is 23.2. The van der Waals surface area contributed by atoms with Gasteiger partial charge in [0.1, 0.15) is 0 Å². The minimum Gasteiger partial charge on any atom is -0.353 e. The molecule has 0 atom stereocenters. The Hall–Kier alpha value is -1.88. The summed E-state index contributed by atoms with van der Waals surface area (Å²) < 4.78 is 0. The molecule has 5 heteroatoms. The highest BCUT2D eigenvalue weighted by Crippen LogP contribution is 2.53. The van der Waals surface area contributed by atoms with Crippen LogP contribution in [0.3, 0.4) is 0 Å². The highest BCUT2D eigenvalue weighted by molar-refractivity contribution is 5.97. The molecule has 35 heavy (non-hydrogen) atoms. The van der Waals surface area contributed by atoms with Gasteiger partial charge in [-0.15, -0.1) is 0 Å². The van der Waals surface area contributed by atoms with Gasteiger partial charge < -0.3 is 16.0 Å². The number of hydrogen-bond acceptors (Lipinski definition) is 3. The van der Waals surface area contributed by atoms with Crippen LogP contribution in [0.5, 0.6) is 0 Å². The van der Waals surface area contributed by atoms with E-state index in [9.17, 15) is 9.59 Å². The molecule has 0 bridgehead atoms. The van der Waals surface area contributed by atoms with Crippen molar-refractivity contribution in [3.63, 3.8) is 0 Å². The van der Waals surface area contributed by atoms with Crippen LogP contribution in [-0.4, -0.2) is 29.9 Å². The largest absolute Gasteiger partial charge is 0.353 e. The van der Waals surface area contributed by atoms with Crippen molar-refractivity contribution in [1.82, 2.24) is 10.6 Å². The second-order valence-corrected chi connectivity index (χ2v) is 12.3. The van der Waals surface area contributed by atoms with Crippen molar-refractivity contribution < 1.29 is 9.59 Å². The van der Waals surface area contributed by atoms with Crippen LogP contribution in [0.15, 0.2) is 24.3 Å². The Labute approximate surface area is 213 Å². The Morgan fingerprint density at radius 2 is 1.20 bits per heavy atom. The molecule has 5 nitrogen and oxygen atoms in total. The Morgan fingerprint density at radius 3 is 1.54 bits per heavy atom. The van der Waals surface area contributed by atoms with E-state index in [0.717, 1.165) is 37.4 Å². The first kappa shape index (κ1) is 27.7. The number of amides is 2. The predicted octanol–water partition coefficient (Wildman–Crippen LogP) is 6.22. The topological polar surface area (TPSA) is 70.2 Å². The van der Waals surface area contributed by atoms with Crippen molar-refractivity contribution in [2.45, 2.75) is 118 Å². The Balaban J connectivity index is 0.000000158. The molecule has 2 amide bonds. The third-order valence-electron chi connectivity index (χ3n) is 8.06. The molecule has 0 aromatic heterocycles. The second-order valence-electron chi connectivity index (χ2n) is 12.3. The van der Waals surface area contributed by atoms with Crippen molar-refractivity contribution in [3.05, 3.63) is 29.8 Å². The number of benzene rings is 1. The molecule has 196 valence electrons. The molecule has 4 saturated carbocycles. The molecular formula is C30H49N3O2. The van der Waals surface area contributed by atoms with Gasteiger partial charge in [0, 0.05) is 23.8 Å². The smallest absolute Gasteiger partial charge is 0.230 e. The fraction of sp³-hybridized carbons (Fsp3) is 0.733. The molecule has 3 N–H and O–H groups in total. The van der Waals surface area contributed by atoms with Crippen molar-refractivity contribution in [1.29, 1.82) is 0 Å². The van der Waals surface area contributed by atoms with E-state index in [2.05, 4.69) is 57.5 Å². The lowest BCUT2D eigenvalue weighted by molar-refractivity contribution is -0.128. The van der Waals surface area contributed by atoms with Crippen LogP contribution in [-0.2, 0) is 9.59 Å². The summed E-state index contributed by atoms with van der Waals surface area (Å²) in [5.41, 5.74) is 2.05. The number of carbonyl (C=O) groups is 2. The van der Waals surface area contributed by atoms with E-state index in [-0.39, 0.29) is 16.7 Å². The number of anilines is 1. The molecule has 0 spiro atoms. The molecule has 0 aliphatic heterocycles. The van der Waals surface area contributed by atoms with Gasteiger partial charge in [-0.2, -0.15) is 0 Å². The fourth-order valence-corrected chi connectivity index (χ4v) is 4.57. The van der Waals surface area contributed by atoms with Crippen LogP contribution in [0.2, 0.25) is 0 Å². The fourth-order valence-electron chi connectivity index (χ4n) is 4.57. The third-order valence-corrected chi connectivity index (χ3v) is 8.06. The number of carbonyl (C=O) groups excluding carboxylic acids is 2. The normalized spacial score (nSPS) is 20.9. The van der Waals surface area contributed by atoms with Gasteiger partial charge in [0.2, 0.25) is 11.8 Å². The van der Waals surface area contributed by atoms with Crippen molar-refractivity contribution in [2.24, 2.45) is 22.7 Å². The van der Waals surface area contributed by atoms with Gasteiger partial charge in [-0.3, -0.25) is 9.59 Å². The van der Waals surface area contributed by atoms with E-state index in [4.69, 9.17) is 0 Å². The van der Waals surface area contributed by atoms with Gasteiger partial charge >= 0.3 is 0 Å². The van der Waals surface area contributed by atoms with Crippen LogP contribution >= 0.6 is 0 Å². The number of nitrogens with one attached hydrogen (secondary N) is 3. The van der Waals surface area contributed by atoms with Gasteiger partial charge in [-0.05, 0) is 82.3 Å². The van der Waals surface area contributed by atoms with Crippen molar-refractivity contribution in [2.75, 3.05) is 5.32 Å². The Bertz CT molecular complexity index is 843. The lowest BCUT2D eigenvalue weighted by Crippen LogP contribution is -2.36. The summed E-state index contributed by atoms with van der Waals surface area (Å²) in [4.78, 5) is 23.8. The standard InChI is InChI=1S/C14H19NO.C10H17NO.C6H13N/c1-10(2)14(8-9-14)13(16)15-12-6-4-11(3)5-7-12;1-7(2)10(5-6-10)9(12)11-8-3-4-8;1-5(2)7-6-3-4-6/h4-7,10H,8-9H2,1-3H3,(H,15,16);7-8H,3-6H2,1-2H3,(H,11,12);5-7H,3-4H2,1-2H3. The Kier molecular flexibility index (Phi) is 9.06. The monoisotopic (exact) mass is 483 g/mol. The highest BCUT2D eigenvalue weighted by atomic mass is 16.2. The molecule has 4 fully saturated rings. The summed E-state index contributed by atoms with van der Waals surface area (Å²) in [6.45, 7) is 15.0. The van der Waals surface area contributed by atoms with Gasteiger partial charge in [-0.1, -0.05) is 59.2 Å². The SMILES string of the molecule is CC(C)C1(C(=O)NC2CC2)CC1.CC(C)NC1CC1.Cc1ccc(NC(=O)C2(C(C)C)CC2)cc1. The third kappa shape index (κ3) is 8.06. The lowest BCUT2D eigenvalue weighted by Gasteiger charge is -2.18. The van der Waals surface area contributed by atoms with E-state index in [1.807, 2.05) is 31.2 Å². The van der Waals surface area contributed by atoms with E-state index >= 15 is 0 Å². The van der Waals surface area contributed by atoms with Crippen LogP contribution in [0, 0.1) is 29.6 Å².